The molecule has 0 saturated carbocycles. The summed E-state index contributed by atoms with van der Waals surface area (Å²) >= 11 is 0. The summed E-state index contributed by atoms with van der Waals surface area (Å²) in [5.41, 5.74) is 9.78. The molecule has 4 heteroatoms. The fourth-order valence-electron chi connectivity index (χ4n) is 2.89. The van der Waals surface area contributed by atoms with Crippen molar-refractivity contribution >= 4 is 5.91 Å². The molecule has 4 nitrogen and oxygen atoms in total. The number of carbonyl (C=O) groups is 1. The minimum absolute atomic E-state index is 0.0116. The molecule has 2 unspecified atom stereocenters. The van der Waals surface area contributed by atoms with Crippen LogP contribution in [0.1, 0.15) is 75.7 Å². The summed E-state index contributed by atoms with van der Waals surface area (Å²) in [6, 6.07) is 4.28. The van der Waals surface area contributed by atoms with E-state index in [0.717, 1.165) is 23.3 Å². The third-order valence-corrected chi connectivity index (χ3v) is 4.32. The van der Waals surface area contributed by atoms with E-state index in [-0.39, 0.29) is 18.0 Å². The van der Waals surface area contributed by atoms with Gasteiger partial charge in [-0.05, 0) is 23.5 Å². The molecule has 2 rings (SSSR count). The maximum Gasteiger partial charge on any atom is 0.217 e. The molecule has 0 aromatic heterocycles. The van der Waals surface area contributed by atoms with Gasteiger partial charge >= 0.3 is 0 Å². The molecule has 0 aliphatic carbocycles. The molecular weight excluding hydrogens is 276 g/mol. The zero-order valence-electron chi connectivity index (χ0n) is 14.3. The van der Waals surface area contributed by atoms with Gasteiger partial charge in [0.05, 0.1) is 12.6 Å². The van der Waals surface area contributed by atoms with Crippen LogP contribution in [0.25, 0.3) is 0 Å². The van der Waals surface area contributed by atoms with E-state index in [9.17, 15) is 4.79 Å². The number of benzene rings is 1. The Labute approximate surface area is 133 Å². The van der Waals surface area contributed by atoms with E-state index in [2.05, 4.69) is 45.1 Å². The number of hydrogen-bond donors (Lipinski definition) is 2. The summed E-state index contributed by atoms with van der Waals surface area (Å²) < 4.78 is 5.94. The Kier molecular flexibility index (Phi) is 5.12. The molecule has 0 radical (unpaired) electrons. The first-order chi connectivity index (χ1) is 10.3. The molecule has 3 N–H and O–H groups in total. The summed E-state index contributed by atoms with van der Waals surface area (Å²) in [5.74, 6) is 1.60. The van der Waals surface area contributed by atoms with Crippen molar-refractivity contribution in [1.29, 1.82) is 0 Å². The van der Waals surface area contributed by atoms with Gasteiger partial charge in [-0.15, -0.1) is 0 Å². The van der Waals surface area contributed by atoms with Crippen molar-refractivity contribution in [3.8, 4) is 5.75 Å². The van der Waals surface area contributed by atoms with Crippen LogP contribution in [-0.4, -0.2) is 12.5 Å². The Bertz CT molecular complexity index is 552. The highest BCUT2D eigenvalue weighted by molar-refractivity contribution is 5.73. The fourth-order valence-corrected chi connectivity index (χ4v) is 2.89. The van der Waals surface area contributed by atoms with Gasteiger partial charge in [-0.25, -0.2) is 0 Å². The van der Waals surface area contributed by atoms with Crippen LogP contribution in [-0.2, 0) is 4.79 Å². The molecule has 0 fully saturated rings. The lowest BCUT2D eigenvalue weighted by atomic mass is 9.86. The summed E-state index contributed by atoms with van der Waals surface area (Å²) in [5, 5.41) is 3.04. The normalized spacial score (nSPS) is 18.8. The number of rotatable bonds is 4. The molecule has 0 saturated heterocycles. The molecule has 1 aromatic rings. The van der Waals surface area contributed by atoms with Gasteiger partial charge in [0.2, 0.25) is 5.91 Å². The number of fused-ring (bicyclic) bond motifs is 1. The summed E-state index contributed by atoms with van der Waals surface area (Å²) in [7, 11) is 0. The predicted octanol–water partition coefficient (Wildman–Crippen LogP) is 3.43. The van der Waals surface area contributed by atoms with Crippen molar-refractivity contribution in [3.63, 3.8) is 0 Å². The smallest absolute Gasteiger partial charge is 0.217 e. The Morgan fingerprint density at radius 1 is 1.32 bits per heavy atom. The first-order valence-electron chi connectivity index (χ1n) is 8.14. The maximum atomic E-state index is 11.5. The van der Waals surface area contributed by atoms with E-state index in [4.69, 9.17) is 10.5 Å². The summed E-state index contributed by atoms with van der Waals surface area (Å²) in [4.78, 5) is 11.5. The maximum absolute atomic E-state index is 11.5. The van der Waals surface area contributed by atoms with Crippen molar-refractivity contribution in [2.24, 2.45) is 11.7 Å². The van der Waals surface area contributed by atoms with Gasteiger partial charge in [0.1, 0.15) is 5.75 Å². The molecule has 1 aromatic carbocycles. The SMILES string of the molecule is CC(=O)NC1CCOc2c1cc(C(C)C)cc2C(N)C(C)C. The van der Waals surface area contributed by atoms with Crippen LogP contribution < -0.4 is 15.8 Å². The third kappa shape index (κ3) is 3.43. The Hall–Kier alpha value is -1.55. The molecular formula is C18H28N2O2. The summed E-state index contributed by atoms with van der Waals surface area (Å²) in [6.45, 7) is 10.7. The van der Waals surface area contributed by atoms with Crippen molar-refractivity contribution in [2.45, 2.75) is 59.0 Å². The second-order valence-corrected chi connectivity index (χ2v) is 6.84. The average molecular weight is 304 g/mol. The minimum Gasteiger partial charge on any atom is -0.493 e. The van der Waals surface area contributed by atoms with Crippen molar-refractivity contribution in [2.75, 3.05) is 6.61 Å². The van der Waals surface area contributed by atoms with Gasteiger partial charge in [0, 0.05) is 30.5 Å². The Balaban J connectivity index is 2.55. The molecule has 1 heterocycles. The standard InChI is InChI=1S/C18H28N2O2/c1-10(2)13-8-14-16(20-12(5)21)6-7-22-18(14)15(9-13)17(19)11(3)4/h8-11,16-17H,6-7,19H2,1-5H3,(H,20,21). The van der Waals surface area contributed by atoms with E-state index in [1.807, 2.05) is 0 Å². The van der Waals surface area contributed by atoms with E-state index < -0.39 is 0 Å². The number of carbonyl (C=O) groups excluding carboxylic acids is 1. The Morgan fingerprint density at radius 2 is 2.00 bits per heavy atom. The summed E-state index contributed by atoms with van der Waals surface area (Å²) in [6.07, 6.45) is 0.796. The van der Waals surface area contributed by atoms with Gasteiger partial charge in [0.25, 0.3) is 0 Å². The van der Waals surface area contributed by atoms with E-state index in [1.165, 1.54) is 5.56 Å². The lowest BCUT2D eigenvalue weighted by Gasteiger charge is -2.31. The highest BCUT2D eigenvalue weighted by Gasteiger charge is 2.28. The fraction of sp³-hybridized carbons (Fsp3) is 0.611. The van der Waals surface area contributed by atoms with Crippen LogP contribution >= 0.6 is 0 Å². The highest BCUT2D eigenvalue weighted by Crippen LogP contribution is 2.41. The molecule has 1 aliphatic heterocycles. The largest absolute Gasteiger partial charge is 0.493 e. The van der Waals surface area contributed by atoms with Crippen LogP contribution in [0.2, 0.25) is 0 Å². The lowest BCUT2D eigenvalue weighted by molar-refractivity contribution is -0.119. The number of hydrogen-bond acceptors (Lipinski definition) is 3. The third-order valence-electron chi connectivity index (χ3n) is 4.32. The Morgan fingerprint density at radius 3 is 2.55 bits per heavy atom. The first kappa shape index (κ1) is 16.8. The van der Waals surface area contributed by atoms with E-state index >= 15 is 0 Å². The van der Waals surface area contributed by atoms with Crippen LogP contribution in [0.4, 0.5) is 0 Å². The molecule has 0 spiro atoms. The molecule has 22 heavy (non-hydrogen) atoms. The zero-order chi connectivity index (χ0) is 16.4. The molecule has 122 valence electrons. The first-order valence-corrected chi connectivity index (χ1v) is 8.14. The van der Waals surface area contributed by atoms with Crippen LogP contribution in [0.15, 0.2) is 12.1 Å². The van der Waals surface area contributed by atoms with Gasteiger partial charge in [-0.3, -0.25) is 4.79 Å². The predicted molar refractivity (Wildman–Crippen MR) is 89.0 cm³/mol. The van der Waals surface area contributed by atoms with Crippen LogP contribution in [0.5, 0.6) is 5.75 Å². The topological polar surface area (TPSA) is 64.3 Å². The number of ether oxygens (including phenoxy) is 1. The number of nitrogens with one attached hydrogen (secondary N) is 1. The van der Waals surface area contributed by atoms with Crippen LogP contribution in [0.3, 0.4) is 0 Å². The minimum atomic E-state index is -0.0662. The molecule has 1 aliphatic rings. The highest BCUT2D eigenvalue weighted by atomic mass is 16.5. The second kappa shape index (κ2) is 6.69. The van der Waals surface area contributed by atoms with Gasteiger partial charge in [-0.1, -0.05) is 33.8 Å². The van der Waals surface area contributed by atoms with Crippen molar-refractivity contribution in [3.05, 3.63) is 28.8 Å². The van der Waals surface area contributed by atoms with Gasteiger partial charge in [-0.2, -0.15) is 0 Å². The number of nitrogens with two attached hydrogens (primary N) is 1. The van der Waals surface area contributed by atoms with Gasteiger partial charge in [0.15, 0.2) is 0 Å². The van der Waals surface area contributed by atoms with Crippen molar-refractivity contribution in [1.82, 2.24) is 5.32 Å². The molecule has 2 atom stereocenters. The zero-order valence-corrected chi connectivity index (χ0v) is 14.3. The van der Waals surface area contributed by atoms with E-state index in [0.29, 0.717) is 18.4 Å². The van der Waals surface area contributed by atoms with E-state index in [1.54, 1.807) is 6.92 Å². The molecule has 1 amide bonds. The van der Waals surface area contributed by atoms with Crippen molar-refractivity contribution < 1.29 is 9.53 Å². The van der Waals surface area contributed by atoms with Crippen LogP contribution in [0, 0.1) is 5.92 Å². The lowest BCUT2D eigenvalue weighted by Crippen LogP contribution is -2.31. The average Bonchev–Trinajstić information content (AvgIpc) is 2.45. The number of amides is 1. The molecule has 0 bridgehead atoms. The van der Waals surface area contributed by atoms with Gasteiger partial charge < -0.3 is 15.8 Å². The quantitative estimate of drug-likeness (QED) is 0.895. The second-order valence-electron chi connectivity index (χ2n) is 6.84. The monoisotopic (exact) mass is 304 g/mol.